The van der Waals surface area contributed by atoms with Crippen LogP contribution in [0.4, 0.5) is 0 Å². The van der Waals surface area contributed by atoms with Crippen LogP contribution in [0.3, 0.4) is 0 Å². The summed E-state index contributed by atoms with van der Waals surface area (Å²) in [5.41, 5.74) is -1.02. The van der Waals surface area contributed by atoms with Gasteiger partial charge in [0.15, 0.2) is 0 Å². The lowest BCUT2D eigenvalue weighted by atomic mass is 9.92. The van der Waals surface area contributed by atoms with Crippen molar-refractivity contribution in [3.05, 3.63) is 25.3 Å². The molecule has 0 spiro atoms. The molecule has 0 rings (SSSR count). The van der Waals surface area contributed by atoms with Gasteiger partial charge in [-0.3, -0.25) is 0 Å². The largest absolute Gasteiger partial charge is 0.460 e. The summed E-state index contributed by atoms with van der Waals surface area (Å²) in [4.78, 5) is 22.8. The van der Waals surface area contributed by atoms with Crippen LogP contribution in [0.1, 0.15) is 34.6 Å². The molecule has 0 aromatic heterocycles. The first-order chi connectivity index (χ1) is 22.7. The number of hydrogen-bond donors (Lipinski definition) is 4. The molecule has 48 heavy (non-hydrogen) atoms. The molecule has 282 valence electrons. The summed E-state index contributed by atoms with van der Waals surface area (Å²) in [6, 6.07) is 0. The number of rotatable bonds is 31. The van der Waals surface area contributed by atoms with E-state index >= 15 is 0 Å². The Morgan fingerprint density at radius 1 is 0.583 bits per heavy atom. The molecule has 0 heterocycles. The van der Waals surface area contributed by atoms with Gasteiger partial charge in [0.1, 0.15) is 50.7 Å². The number of carbonyl (C=O) groups is 2. The van der Waals surface area contributed by atoms with E-state index in [9.17, 15) is 30.0 Å². The topological polar surface area (TPSA) is 170 Å². The van der Waals surface area contributed by atoms with Crippen molar-refractivity contribution in [2.24, 2.45) is 5.41 Å². The zero-order valence-corrected chi connectivity index (χ0v) is 30.3. The number of esters is 2. The maximum absolute atomic E-state index is 11.4. The van der Waals surface area contributed by atoms with Crippen LogP contribution < -0.4 is 0 Å². The van der Waals surface area contributed by atoms with Gasteiger partial charge in [-0.25, -0.2) is 9.59 Å². The van der Waals surface area contributed by atoms with Crippen molar-refractivity contribution in [3.8, 4) is 0 Å². The normalized spacial score (nSPS) is 16.0. The van der Waals surface area contributed by atoms with Gasteiger partial charge in [0.2, 0.25) is 0 Å². The molecule has 4 N–H and O–H groups in total. The summed E-state index contributed by atoms with van der Waals surface area (Å²) in [5, 5.41) is 42.3. The summed E-state index contributed by atoms with van der Waals surface area (Å²) in [6.45, 7) is 21.4. The molecule has 0 radical (unpaired) electrons. The van der Waals surface area contributed by atoms with Gasteiger partial charge in [0.25, 0.3) is 0 Å². The lowest BCUT2D eigenvalue weighted by molar-refractivity contribution is -0.926. The van der Waals surface area contributed by atoms with Gasteiger partial charge in [0.05, 0.1) is 98.0 Å². The van der Waals surface area contributed by atoms with Crippen molar-refractivity contribution in [2.45, 2.75) is 59.0 Å². The monoisotopic (exact) mass is 694 g/mol. The van der Waals surface area contributed by atoms with Crippen LogP contribution in [0, 0.1) is 5.41 Å². The molecular weight excluding hydrogens is 628 g/mol. The van der Waals surface area contributed by atoms with Gasteiger partial charge < -0.3 is 57.8 Å². The van der Waals surface area contributed by atoms with Crippen molar-refractivity contribution >= 4 is 11.9 Å². The molecule has 4 atom stereocenters. The van der Waals surface area contributed by atoms with E-state index in [0.29, 0.717) is 17.6 Å². The Kier molecular flexibility index (Phi) is 24.0. The average molecular weight is 695 g/mol. The fraction of sp³-hybridized carbons (Fsp3) is 0.824. The van der Waals surface area contributed by atoms with Gasteiger partial charge in [-0.05, 0) is 34.6 Å². The first kappa shape index (κ1) is 46.0. The zero-order chi connectivity index (χ0) is 36.6. The molecular formula is C34H66N2O12+2. The van der Waals surface area contributed by atoms with E-state index < -0.39 is 41.8 Å². The fourth-order valence-electron chi connectivity index (χ4n) is 5.07. The third-order valence-electron chi connectivity index (χ3n) is 8.83. The average Bonchev–Trinajstić information content (AvgIpc) is 3.08. The molecule has 0 bridgehead atoms. The molecule has 0 amide bonds. The summed E-state index contributed by atoms with van der Waals surface area (Å²) >= 11 is 0. The number of aliphatic hydroxyl groups excluding tert-OH is 4. The summed E-state index contributed by atoms with van der Waals surface area (Å²) in [6.07, 6.45) is -1.75. The van der Waals surface area contributed by atoms with E-state index in [1.165, 1.54) is 0 Å². The van der Waals surface area contributed by atoms with Crippen molar-refractivity contribution in [1.82, 2.24) is 0 Å². The van der Waals surface area contributed by atoms with Gasteiger partial charge in [0, 0.05) is 12.2 Å². The minimum absolute atomic E-state index is 0.00406. The van der Waals surface area contributed by atoms with Crippen molar-refractivity contribution in [3.63, 3.8) is 0 Å². The molecule has 0 saturated carbocycles. The number of quaternary nitrogens is 2. The molecule has 0 aliphatic rings. The minimum atomic E-state index is -1.12. The standard InChI is InChI=1S/C34H66N2O12/c1-9-32(41)47-22-30(39)20-45-26-34(27-46-21-31(40)23-48-33(42)10-2,24-43-18-28(37)16-35(8,11-3)12-4)25-44-19-29(38)17-36(13-5,14-6)15-7/h9-10,28-31,37-40H,1-2,11-27H2,3-8H3/q+2. The molecule has 0 aromatic carbocycles. The van der Waals surface area contributed by atoms with Crippen LogP contribution in [-0.2, 0) is 38.0 Å². The highest BCUT2D eigenvalue weighted by molar-refractivity contribution is 5.81. The van der Waals surface area contributed by atoms with Crippen molar-refractivity contribution in [2.75, 3.05) is 119 Å². The van der Waals surface area contributed by atoms with E-state index in [-0.39, 0.29) is 66.1 Å². The molecule has 4 unspecified atom stereocenters. The third-order valence-corrected chi connectivity index (χ3v) is 8.83. The molecule has 0 aliphatic carbocycles. The highest BCUT2D eigenvalue weighted by atomic mass is 16.6. The van der Waals surface area contributed by atoms with Crippen LogP contribution in [0.2, 0.25) is 0 Å². The zero-order valence-electron chi connectivity index (χ0n) is 30.3. The van der Waals surface area contributed by atoms with Gasteiger partial charge in [-0.2, -0.15) is 0 Å². The maximum Gasteiger partial charge on any atom is 0.330 e. The second kappa shape index (κ2) is 25.0. The summed E-state index contributed by atoms with van der Waals surface area (Å²) < 4.78 is 35.0. The van der Waals surface area contributed by atoms with Crippen molar-refractivity contribution in [1.29, 1.82) is 0 Å². The second-order valence-corrected chi connectivity index (χ2v) is 12.8. The predicted octanol–water partition coefficient (Wildman–Crippen LogP) is 0.304. The fourth-order valence-corrected chi connectivity index (χ4v) is 5.07. The third kappa shape index (κ3) is 19.3. The summed E-state index contributed by atoms with van der Waals surface area (Å²) in [5.74, 6) is -1.35. The van der Waals surface area contributed by atoms with Crippen LogP contribution in [0.25, 0.3) is 0 Å². The predicted molar refractivity (Wildman–Crippen MR) is 181 cm³/mol. The molecule has 14 heteroatoms. The van der Waals surface area contributed by atoms with Crippen LogP contribution in [0.15, 0.2) is 25.3 Å². The Balaban J connectivity index is 5.87. The molecule has 0 aliphatic heterocycles. The van der Waals surface area contributed by atoms with Crippen LogP contribution >= 0.6 is 0 Å². The minimum Gasteiger partial charge on any atom is -0.460 e. The SMILES string of the molecule is C=CC(=O)OCC(O)COCC(COCC(O)COC(=O)C=C)(COCC(O)C[N+](C)(CC)CC)COCC(O)C[N+](CC)(CC)CC. The Bertz CT molecular complexity index is 853. The molecule has 0 fully saturated rings. The van der Waals surface area contributed by atoms with E-state index in [1.807, 2.05) is 0 Å². The molecule has 0 saturated heterocycles. The Morgan fingerprint density at radius 2 is 0.917 bits per heavy atom. The van der Waals surface area contributed by atoms with Gasteiger partial charge in [-0.1, -0.05) is 13.2 Å². The first-order valence-corrected chi connectivity index (χ1v) is 17.0. The first-order valence-electron chi connectivity index (χ1n) is 17.0. The maximum atomic E-state index is 11.4. The van der Waals surface area contributed by atoms with Gasteiger partial charge in [-0.15, -0.1) is 0 Å². The number of likely N-dealkylation sites (N-methyl/N-ethyl adjacent to an activating group) is 2. The smallest absolute Gasteiger partial charge is 0.330 e. The number of carbonyl (C=O) groups excluding carboxylic acids is 2. The number of nitrogens with zero attached hydrogens (tertiary/aromatic N) is 2. The number of aliphatic hydroxyl groups is 4. The lowest BCUT2D eigenvalue weighted by Gasteiger charge is -2.38. The van der Waals surface area contributed by atoms with Crippen molar-refractivity contribution < 1.29 is 67.4 Å². The summed E-state index contributed by atoms with van der Waals surface area (Å²) in [7, 11) is 2.06. The molecule has 0 aromatic rings. The van der Waals surface area contributed by atoms with Crippen LogP contribution in [-0.4, -0.2) is 185 Å². The Labute approximate surface area is 288 Å². The Morgan fingerprint density at radius 3 is 1.23 bits per heavy atom. The quantitative estimate of drug-likeness (QED) is 0.0446. The highest BCUT2D eigenvalue weighted by Crippen LogP contribution is 2.22. The van der Waals surface area contributed by atoms with E-state index in [0.717, 1.165) is 49.4 Å². The second-order valence-electron chi connectivity index (χ2n) is 12.8. The van der Waals surface area contributed by atoms with Crippen LogP contribution in [0.5, 0.6) is 0 Å². The number of hydrogen-bond acceptors (Lipinski definition) is 12. The Hall–Kier alpha value is -1.98. The van der Waals surface area contributed by atoms with E-state index in [1.54, 1.807) is 0 Å². The highest BCUT2D eigenvalue weighted by Gasteiger charge is 2.35. The molecule has 14 nitrogen and oxygen atoms in total. The van der Waals surface area contributed by atoms with E-state index in [4.69, 9.17) is 28.4 Å². The lowest BCUT2D eigenvalue weighted by Crippen LogP contribution is -2.53. The number of ether oxygens (including phenoxy) is 6. The van der Waals surface area contributed by atoms with E-state index in [2.05, 4.69) is 54.8 Å². The van der Waals surface area contributed by atoms with Gasteiger partial charge >= 0.3 is 11.9 Å².